The molecule has 0 aromatic carbocycles. The molecule has 100 valence electrons. The summed E-state index contributed by atoms with van der Waals surface area (Å²) in [5, 5.41) is 39.7. The largest absolute Gasteiger partial charge is 0.450 e. The van der Waals surface area contributed by atoms with Crippen molar-refractivity contribution >= 4 is 6.09 Å². The molecule has 1 fully saturated rings. The molecule has 0 bridgehead atoms. The van der Waals surface area contributed by atoms with Gasteiger partial charge in [0.05, 0.1) is 13.2 Å². The van der Waals surface area contributed by atoms with Crippen LogP contribution in [0.4, 0.5) is 4.79 Å². The average Bonchev–Trinajstić information content (AvgIpc) is 2.29. The van der Waals surface area contributed by atoms with Gasteiger partial charge >= 0.3 is 6.09 Å². The number of ether oxygens (including phenoxy) is 2. The Hall–Kier alpha value is -0.930. The van der Waals surface area contributed by atoms with Gasteiger partial charge in [-0.3, -0.25) is 0 Å². The molecule has 5 atom stereocenters. The molecule has 0 spiro atoms. The number of hydrogen-bond donors (Lipinski definition) is 5. The summed E-state index contributed by atoms with van der Waals surface area (Å²) < 4.78 is 9.41. The summed E-state index contributed by atoms with van der Waals surface area (Å²) in [6.45, 7) is 1.18. The molecule has 0 aromatic rings. The van der Waals surface area contributed by atoms with E-state index < -0.39 is 43.3 Å². The average molecular weight is 251 g/mol. The zero-order valence-corrected chi connectivity index (χ0v) is 9.31. The summed E-state index contributed by atoms with van der Waals surface area (Å²) in [5.41, 5.74) is 0. The minimum absolute atomic E-state index is 0.132. The van der Waals surface area contributed by atoms with Gasteiger partial charge in [0.2, 0.25) is 0 Å². The highest BCUT2D eigenvalue weighted by Gasteiger charge is 2.44. The quantitative estimate of drug-likeness (QED) is 0.376. The zero-order chi connectivity index (χ0) is 13.0. The monoisotopic (exact) mass is 251 g/mol. The summed E-state index contributed by atoms with van der Waals surface area (Å²) >= 11 is 0. The van der Waals surface area contributed by atoms with Crippen LogP contribution in [0.15, 0.2) is 0 Å². The molecule has 1 amide bonds. The lowest BCUT2D eigenvalue weighted by molar-refractivity contribution is -0.253. The van der Waals surface area contributed by atoms with Crippen molar-refractivity contribution in [1.29, 1.82) is 0 Å². The first-order valence-electron chi connectivity index (χ1n) is 5.25. The van der Waals surface area contributed by atoms with E-state index in [0.29, 0.717) is 0 Å². The number of carbonyl (C=O) groups is 1. The molecule has 0 aliphatic carbocycles. The Balaban J connectivity index is 2.63. The van der Waals surface area contributed by atoms with E-state index in [1.165, 1.54) is 0 Å². The number of nitrogens with one attached hydrogen (secondary N) is 1. The number of aliphatic hydroxyl groups excluding tert-OH is 4. The van der Waals surface area contributed by atoms with Gasteiger partial charge in [-0.25, -0.2) is 4.79 Å². The fourth-order valence-electron chi connectivity index (χ4n) is 1.56. The van der Waals surface area contributed by atoms with Gasteiger partial charge < -0.3 is 35.2 Å². The van der Waals surface area contributed by atoms with Crippen molar-refractivity contribution in [2.24, 2.45) is 0 Å². The molecular formula is C9H17NO7. The molecule has 1 aliphatic heterocycles. The third kappa shape index (κ3) is 3.27. The lowest BCUT2D eigenvalue weighted by Crippen LogP contribution is -2.64. The standard InChI is InChI=1S/C9H17NO7/c1-2-16-9(15)10-5-7(13)6(12)4(3-11)17-8(5)14/h4-8,11-14H,2-3H2,1H3,(H,10,15)/t4-,5+,6+,7+,8-/m1/s1. The maximum atomic E-state index is 11.1. The van der Waals surface area contributed by atoms with E-state index in [1.807, 2.05) is 0 Å². The first-order chi connectivity index (χ1) is 8.01. The molecule has 0 aromatic heterocycles. The lowest BCUT2D eigenvalue weighted by atomic mass is 9.97. The van der Waals surface area contributed by atoms with Crippen LogP contribution in [0.3, 0.4) is 0 Å². The van der Waals surface area contributed by atoms with E-state index >= 15 is 0 Å². The van der Waals surface area contributed by atoms with Crippen molar-refractivity contribution in [2.45, 2.75) is 37.6 Å². The van der Waals surface area contributed by atoms with Crippen LogP contribution >= 0.6 is 0 Å². The first kappa shape index (κ1) is 14.1. The SMILES string of the molecule is CCOC(=O)N[C@H]1[C@H](O)[C@@H](O)[C@@H](CO)O[C@H]1O. The fourth-order valence-corrected chi connectivity index (χ4v) is 1.56. The molecule has 17 heavy (non-hydrogen) atoms. The molecule has 0 radical (unpaired) electrons. The second-order valence-electron chi connectivity index (χ2n) is 3.62. The Bertz CT molecular complexity index is 262. The minimum atomic E-state index is -1.53. The topological polar surface area (TPSA) is 128 Å². The molecular weight excluding hydrogens is 234 g/mol. The molecule has 5 N–H and O–H groups in total. The van der Waals surface area contributed by atoms with Crippen LogP contribution in [0.2, 0.25) is 0 Å². The van der Waals surface area contributed by atoms with Crippen molar-refractivity contribution in [2.75, 3.05) is 13.2 Å². The van der Waals surface area contributed by atoms with Crippen LogP contribution in [0.1, 0.15) is 6.92 Å². The Morgan fingerprint density at radius 3 is 2.53 bits per heavy atom. The van der Waals surface area contributed by atoms with E-state index in [0.717, 1.165) is 0 Å². The summed E-state index contributed by atoms with van der Waals surface area (Å²) in [5.74, 6) is 0. The van der Waals surface area contributed by atoms with Gasteiger partial charge in [0.15, 0.2) is 6.29 Å². The Morgan fingerprint density at radius 1 is 1.35 bits per heavy atom. The van der Waals surface area contributed by atoms with Gasteiger partial charge in [0, 0.05) is 0 Å². The van der Waals surface area contributed by atoms with Crippen molar-refractivity contribution < 1.29 is 34.7 Å². The summed E-state index contributed by atoms with van der Waals surface area (Å²) in [7, 11) is 0. The molecule has 0 saturated carbocycles. The predicted octanol–water partition coefficient (Wildman–Crippen LogP) is -2.47. The molecule has 8 nitrogen and oxygen atoms in total. The Labute approximate surface area is 97.8 Å². The maximum Gasteiger partial charge on any atom is 0.407 e. The normalized spacial score (nSPS) is 37.6. The van der Waals surface area contributed by atoms with Crippen molar-refractivity contribution in [1.82, 2.24) is 5.32 Å². The highest BCUT2D eigenvalue weighted by molar-refractivity contribution is 5.67. The second kappa shape index (κ2) is 6.12. The molecule has 1 aliphatic rings. The number of hydrogen-bond acceptors (Lipinski definition) is 7. The fraction of sp³-hybridized carbons (Fsp3) is 0.889. The second-order valence-corrected chi connectivity index (χ2v) is 3.62. The van der Waals surface area contributed by atoms with E-state index in [9.17, 15) is 20.1 Å². The number of carbonyl (C=O) groups excluding carboxylic acids is 1. The summed E-state index contributed by atoms with van der Waals surface area (Å²) in [6.07, 6.45) is -6.33. The molecule has 1 saturated heterocycles. The number of amides is 1. The smallest absolute Gasteiger partial charge is 0.407 e. The van der Waals surface area contributed by atoms with Crippen LogP contribution in [-0.4, -0.2) is 70.4 Å². The Morgan fingerprint density at radius 2 is 2.00 bits per heavy atom. The van der Waals surface area contributed by atoms with E-state index in [4.69, 9.17) is 9.84 Å². The highest BCUT2D eigenvalue weighted by Crippen LogP contribution is 2.19. The van der Waals surface area contributed by atoms with Gasteiger partial charge in [0.25, 0.3) is 0 Å². The third-order valence-corrected chi connectivity index (χ3v) is 2.46. The van der Waals surface area contributed by atoms with Crippen molar-refractivity contribution in [3.63, 3.8) is 0 Å². The minimum Gasteiger partial charge on any atom is -0.450 e. The Kier molecular flexibility index (Phi) is 5.09. The van der Waals surface area contributed by atoms with E-state index in [1.54, 1.807) is 6.92 Å². The predicted molar refractivity (Wildman–Crippen MR) is 53.9 cm³/mol. The lowest BCUT2D eigenvalue weighted by Gasteiger charge is -2.39. The van der Waals surface area contributed by atoms with Crippen LogP contribution in [-0.2, 0) is 9.47 Å². The van der Waals surface area contributed by atoms with E-state index in [2.05, 4.69) is 10.1 Å². The van der Waals surface area contributed by atoms with Crippen LogP contribution in [0.25, 0.3) is 0 Å². The third-order valence-electron chi connectivity index (χ3n) is 2.46. The van der Waals surface area contributed by atoms with E-state index in [-0.39, 0.29) is 6.61 Å². The van der Waals surface area contributed by atoms with Gasteiger partial charge in [-0.1, -0.05) is 0 Å². The summed E-state index contributed by atoms with van der Waals surface area (Å²) in [4.78, 5) is 11.1. The van der Waals surface area contributed by atoms with Gasteiger partial charge in [-0.2, -0.15) is 0 Å². The molecule has 1 heterocycles. The highest BCUT2D eigenvalue weighted by atomic mass is 16.6. The zero-order valence-electron chi connectivity index (χ0n) is 9.31. The molecule has 1 rings (SSSR count). The number of rotatable bonds is 3. The van der Waals surface area contributed by atoms with Crippen LogP contribution in [0, 0.1) is 0 Å². The van der Waals surface area contributed by atoms with Crippen LogP contribution in [0.5, 0.6) is 0 Å². The van der Waals surface area contributed by atoms with Crippen molar-refractivity contribution in [3.05, 3.63) is 0 Å². The van der Waals surface area contributed by atoms with Crippen molar-refractivity contribution in [3.8, 4) is 0 Å². The maximum absolute atomic E-state index is 11.1. The molecule has 8 heteroatoms. The van der Waals surface area contributed by atoms with Crippen LogP contribution < -0.4 is 5.32 Å². The number of alkyl carbamates (subject to hydrolysis) is 1. The van der Waals surface area contributed by atoms with Gasteiger partial charge in [-0.05, 0) is 6.92 Å². The summed E-state index contributed by atoms with van der Waals surface area (Å²) in [6, 6.07) is -1.22. The number of aliphatic hydroxyl groups is 4. The van der Waals surface area contributed by atoms with Gasteiger partial charge in [-0.15, -0.1) is 0 Å². The molecule has 0 unspecified atom stereocenters. The first-order valence-corrected chi connectivity index (χ1v) is 5.25. The van der Waals surface area contributed by atoms with Gasteiger partial charge in [0.1, 0.15) is 24.4 Å².